The molecule has 1 N–H and O–H groups in total. The van der Waals surface area contributed by atoms with E-state index in [0.29, 0.717) is 0 Å². The highest BCUT2D eigenvalue weighted by atomic mass is 16.3. The van der Waals surface area contributed by atoms with Gasteiger partial charge in [-0.25, -0.2) is 0 Å². The molecule has 0 fully saturated rings. The minimum Gasteiger partial charge on any atom is -0.508 e. The molecular formula is C42H30O. The molecule has 1 heteroatoms. The third-order valence-electron chi connectivity index (χ3n) is 7.97. The van der Waals surface area contributed by atoms with Gasteiger partial charge >= 0.3 is 0 Å². The van der Waals surface area contributed by atoms with Gasteiger partial charge in [0.1, 0.15) is 5.75 Å². The summed E-state index contributed by atoms with van der Waals surface area (Å²) in [4.78, 5) is 0. The van der Waals surface area contributed by atoms with Gasteiger partial charge in [-0.2, -0.15) is 0 Å². The molecular weight excluding hydrogens is 520 g/mol. The Hall–Kier alpha value is -5.66. The topological polar surface area (TPSA) is 20.2 Å². The van der Waals surface area contributed by atoms with E-state index < -0.39 is 0 Å². The Morgan fingerprint density at radius 2 is 0.395 bits per heavy atom. The molecule has 1 nitrogen and oxygen atoms in total. The van der Waals surface area contributed by atoms with Gasteiger partial charge in [0.2, 0.25) is 0 Å². The van der Waals surface area contributed by atoms with Crippen LogP contribution in [0, 0.1) is 0 Å². The van der Waals surface area contributed by atoms with Crippen LogP contribution in [0.1, 0.15) is 0 Å². The smallest absolute Gasteiger partial charge is 0.115 e. The highest BCUT2D eigenvalue weighted by molar-refractivity contribution is 6.15. The van der Waals surface area contributed by atoms with Crippen molar-refractivity contribution in [2.24, 2.45) is 0 Å². The van der Waals surface area contributed by atoms with Gasteiger partial charge < -0.3 is 5.11 Å². The summed E-state index contributed by atoms with van der Waals surface area (Å²) in [5.74, 6) is 0.249. The Labute approximate surface area is 253 Å². The SMILES string of the molecule is Oc1ccc(-c2c(-c3ccccc3)c(-c3ccccc3)c(-c3ccccc3)c(-c3ccccc3)c2-c2ccccc2)cc1. The second kappa shape index (κ2) is 11.7. The Balaban J connectivity index is 1.81. The van der Waals surface area contributed by atoms with Crippen LogP contribution in [0.3, 0.4) is 0 Å². The Morgan fingerprint density at radius 3 is 0.605 bits per heavy atom. The summed E-state index contributed by atoms with van der Waals surface area (Å²) in [6.45, 7) is 0. The number of hydrogen-bond donors (Lipinski definition) is 1. The summed E-state index contributed by atoms with van der Waals surface area (Å²) in [6.07, 6.45) is 0. The monoisotopic (exact) mass is 550 g/mol. The van der Waals surface area contributed by atoms with Gasteiger partial charge in [-0.1, -0.05) is 164 Å². The van der Waals surface area contributed by atoms with Gasteiger partial charge in [0, 0.05) is 0 Å². The normalized spacial score (nSPS) is 10.9. The predicted octanol–water partition coefficient (Wildman–Crippen LogP) is 11.4. The molecule has 0 radical (unpaired) electrons. The first-order valence-electron chi connectivity index (χ1n) is 14.6. The molecule has 0 spiro atoms. The van der Waals surface area contributed by atoms with E-state index in [9.17, 15) is 5.11 Å². The fourth-order valence-corrected chi connectivity index (χ4v) is 6.13. The zero-order chi connectivity index (χ0) is 29.0. The van der Waals surface area contributed by atoms with E-state index in [1.807, 2.05) is 12.1 Å². The van der Waals surface area contributed by atoms with Gasteiger partial charge in [-0.15, -0.1) is 0 Å². The summed E-state index contributed by atoms with van der Waals surface area (Å²) in [7, 11) is 0. The van der Waals surface area contributed by atoms with Crippen molar-refractivity contribution in [3.63, 3.8) is 0 Å². The van der Waals surface area contributed by atoms with Gasteiger partial charge in [0.25, 0.3) is 0 Å². The van der Waals surface area contributed by atoms with E-state index in [2.05, 4.69) is 152 Å². The van der Waals surface area contributed by atoms with E-state index in [1.165, 1.54) is 16.7 Å². The Bertz CT molecular complexity index is 1860. The number of rotatable bonds is 6. The lowest BCUT2D eigenvalue weighted by molar-refractivity contribution is 0.475. The van der Waals surface area contributed by atoms with Gasteiger partial charge in [0.05, 0.1) is 0 Å². The van der Waals surface area contributed by atoms with Crippen LogP contribution in [0.2, 0.25) is 0 Å². The van der Waals surface area contributed by atoms with Crippen molar-refractivity contribution in [3.05, 3.63) is 176 Å². The molecule has 0 unspecified atom stereocenters. The van der Waals surface area contributed by atoms with Crippen molar-refractivity contribution in [1.82, 2.24) is 0 Å². The maximum atomic E-state index is 10.3. The predicted molar refractivity (Wildman–Crippen MR) is 181 cm³/mol. The van der Waals surface area contributed by atoms with Crippen LogP contribution in [-0.4, -0.2) is 5.11 Å². The summed E-state index contributed by atoms with van der Waals surface area (Å²) in [5, 5.41) is 10.3. The summed E-state index contributed by atoms with van der Waals surface area (Å²) in [5.41, 5.74) is 13.8. The molecule has 0 aliphatic carbocycles. The van der Waals surface area contributed by atoms with Crippen molar-refractivity contribution >= 4 is 0 Å². The van der Waals surface area contributed by atoms with Gasteiger partial charge in [0.15, 0.2) is 0 Å². The van der Waals surface area contributed by atoms with Crippen molar-refractivity contribution < 1.29 is 5.11 Å². The lowest BCUT2D eigenvalue weighted by atomic mass is 9.74. The molecule has 0 saturated carbocycles. The summed E-state index contributed by atoms with van der Waals surface area (Å²) < 4.78 is 0. The third-order valence-corrected chi connectivity index (χ3v) is 7.97. The number of benzene rings is 7. The molecule has 0 bridgehead atoms. The van der Waals surface area contributed by atoms with E-state index in [0.717, 1.165) is 50.1 Å². The maximum absolute atomic E-state index is 10.3. The molecule has 0 aromatic heterocycles. The van der Waals surface area contributed by atoms with Crippen LogP contribution in [0.4, 0.5) is 0 Å². The minimum atomic E-state index is 0.249. The first-order chi connectivity index (χ1) is 21.3. The highest BCUT2D eigenvalue weighted by Gasteiger charge is 2.28. The standard InChI is InChI=1S/C42H30O/c43-36-28-26-35(27-29-36)42-40(33-22-12-4-13-23-33)38(31-18-8-2-9-19-31)37(30-16-6-1-7-17-30)39(32-20-10-3-11-21-32)41(42)34-24-14-5-15-25-34/h1-29,43H. The molecule has 0 saturated heterocycles. The van der Waals surface area contributed by atoms with Crippen LogP contribution in [0.25, 0.3) is 66.8 Å². The van der Waals surface area contributed by atoms with Crippen molar-refractivity contribution in [2.45, 2.75) is 0 Å². The zero-order valence-corrected chi connectivity index (χ0v) is 23.7. The molecule has 7 aromatic rings. The van der Waals surface area contributed by atoms with Crippen LogP contribution >= 0.6 is 0 Å². The lowest BCUT2D eigenvalue weighted by Crippen LogP contribution is -2.02. The molecule has 0 heterocycles. The second-order valence-electron chi connectivity index (χ2n) is 10.6. The van der Waals surface area contributed by atoms with Crippen LogP contribution < -0.4 is 0 Å². The van der Waals surface area contributed by atoms with Crippen LogP contribution in [0.15, 0.2) is 176 Å². The van der Waals surface area contributed by atoms with Gasteiger partial charge in [-0.3, -0.25) is 0 Å². The Morgan fingerprint density at radius 1 is 0.209 bits per heavy atom. The first kappa shape index (κ1) is 26.3. The molecule has 0 aliphatic heterocycles. The molecule has 7 rings (SSSR count). The molecule has 7 aromatic carbocycles. The molecule has 204 valence electrons. The van der Waals surface area contributed by atoms with E-state index in [4.69, 9.17) is 0 Å². The second-order valence-corrected chi connectivity index (χ2v) is 10.6. The highest BCUT2D eigenvalue weighted by Crippen LogP contribution is 2.55. The number of aromatic hydroxyl groups is 1. The third kappa shape index (κ3) is 5.03. The average molecular weight is 551 g/mol. The number of phenolic OH excluding ortho intramolecular Hbond substituents is 1. The maximum Gasteiger partial charge on any atom is 0.115 e. The van der Waals surface area contributed by atoms with Crippen molar-refractivity contribution in [1.29, 1.82) is 0 Å². The van der Waals surface area contributed by atoms with Crippen LogP contribution in [0.5, 0.6) is 5.75 Å². The Kier molecular flexibility index (Phi) is 7.13. The number of hydrogen-bond acceptors (Lipinski definition) is 1. The van der Waals surface area contributed by atoms with Gasteiger partial charge in [-0.05, 0) is 78.9 Å². The fourth-order valence-electron chi connectivity index (χ4n) is 6.13. The van der Waals surface area contributed by atoms with E-state index in [-0.39, 0.29) is 5.75 Å². The molecule has 43 heavy (non-hydrogen) atoms. The van der Waals surface area contributed by atoms with Crippen molar-refractivity contribution in [3.8, 4) is 72.5 Å². The summed E-state index contributed by atoms with van der Waals surface area (Å²) >= 11 is 0. The average Bonchev–Trinajstić information content (AvgIpc) is 3.09. The quantitative estimate of drug-likeness (QED) is 0.218. The van der Waals surface area contributed by atoms with Crippen molar-refractivity contribution in [2.75, 3.05) is 0 Å². The largest absolute Gasteiger partial charge is 0.508 e. The number of phenols is 1. The fraction of sp³-hybridized carbons (Fsp3) is 0. The minimum absolute atomic E-state index is 0.249. The lowest BCUT2D eigenvalue weighted by Gasteiger charge is -2.28. The van der Waals surface area contributed by atoms with E-state index in [1.54, 1.807) is 12.1 Å². The summed E-state index contributed by atoms with van der Waals surface area (Å²) in [6, 6.07) is 61.3. The molecule has 0 aliphatic rings. The molecule has 0 atom stereocenters. The first-order valence-corrected chi connectivity index (χ1v) is 14.6. The molecule has 0 amide bonds. The zero-order valence-electron chi connectivity index (χ0n) is 23.7. The van der Waals surface area contributed by atoms with E-state index >= 15 is 0 Å². The van der Waals surface area contributed by atoms with Crippen LogP contribution in [-0.2, 0) is 0 Å².